The minimum absolute atomic E-state index is 0.0589. The molecule has 10 nitrogen and oxygen atoms in total. The molecule has 5 amide bonds. The van der Waals surface area contributed by atoms with Crippen molar-refractivity contribution in [3.8, 4) is 0 Å². The fourth-order valence-corrected chi connectivity index (χ4v) is 5.84. The summed E-state index contributed by atoms with van der Waals surface area (Å²) >= 11 is 0. The van der Waals surface area contributed by atoms with Crippen LogP contribution in [0.2, 0.25) is 0 Å². The number of nitrogens with one attached hydrogen (secondary N) is 3. The van der Waals surface area contributed by atoms with E-state index in [1.807, 2.05) is 85.7 Å². The molecule has 10 heteroatoms. The standard InChI is InChI=1S/C34H55N5O5/c1-20(2)16-25-30(40)36-27(19-24-14-12-11-13-15-24)33(43)38(9)28(18-22(5)6)31(41)37-26(17-21(3)4)34(44)39(10)29(23(7)8)32(42)35-25/h11-15,20-23,25-29H,16-19H2,1-10H3,(H,35,42)(H,36,40)(H,37,41)/t25-,26-,27-,28-,29-/m0/s1. The van der Waals surface area contributed by atoms with Crippen LogP contribution in [0.3, 0.4) is 0 Å². The van der Waals surface area contributed by atoms with Gasteiger partial charge in [-0.15, -0.1) is 0 Å². The molecule has 2 rings (SSSR count). The lowest BCUT2D eigenvalue weighted by atomic mass is 9.96. The molecule has 5 atom stereocenters. The lowest BCUT2D eigenvalue weighted by Gasteiger charge is -2.35. The van der Waals surface area contributed by atoms with Gasteiger partial charge in [0.15, 0.2) is 0 Å². The molecule has 0 spiro atoms. The van der Waals surface area contributed by atoms with Crippen molar-refractivity contribution in [3.05, 3.63) is 35.9 Å². The van der Waals surface area contributed by atoms with E-state index in [-0.39, 0.29) is 36.0 Å². The fraction of sp³-hybridized carbons (Fsp3) is 0.676. The molecule has 1 aliphatic rings. The number of benzene rings is 1. The first-order valence-electron chi connectivity index (χ1n) is 16.0. The molecule has 0 bridgehead atoms. The van der Waals surface area contributed by atoms with E-state index in [1.165, 1.54) is 9.80 Å². The highest BCUT2D eigenvalue weighted by Gasteiger charge is 2.40. The number of carbonyl (C=O) groups excluding carboxylic acids is 5. The first-order valence-corrected chi connectivity index (χ1v) is 16.0. The molecule has 1 aliphatic heterocycles. The van der Waals surface area contributed by atoms with Crippen LogP contribution in [0.25, 0.3) is 0 Å². The Hall–Kier alpha value is -3.43. The summed E-state index contributed by atoms with van der Waals surface area (Å²) in [4.78, 5) is 72.5. The molecule has 1 aromatic rings. The van der Waals surface area contributed by atoms with Crippen LogP contribution in [0, 0.1) is 23.7 Å². The predicted molar refractivity (Wildman–Crippen MR) is 172 cm³/mol. The van der Waals surface area contributed by atoms with Crippen LogP contribution in [0.5, 0.6) is 0 Å². The molecule has 0 unspecified atom stereocenters. The summed E-state index contributed by atoms with van der Waals surface area (Å²) < 4.78 is 0. The first kappa shape index (κ1) is 36.8. The number of nitrogens with zero attached hydrogens (tertiary/aromatic N) is 2. The van der Waals surface area contributed by atoms with Crippen molar-refractivity contribution in [2.75, 3.05) is 14.1 Å². The molecule has 1 saturated heterocycles. The largest absolute Gasteiger partial charge is 0.342 e. The summed E-state index contributed by atoms with van der Waals surface area (Å²) in [5, 5.41) is 8.77. The van der Waals surface area contributed by atoms with Crippen molar-refractivity contribution >= 4 is 29.5 Å². The summed E-state index contributed by atoms with van der Waals surface area (Å²) in [6.45, 7) is 15.5. The molecule has 3 N–H and O–H groups in total. The predicted octanol–water partition coefficient (Wildman–Crippen LogP) is 3.15. The Morgan fingerprint density at radius 2 is 1.07 bits per heavy atom. The highest BCUT2D eigenvalue weighted by Crippen LogP contribution is 2.19. The number of hydrogen-bond acceptors (Lipinski definition) is 5. The van der Waals surface area contributed by atoms with Crippen molar-refractivity contribution < 1.29 is 24.0 Å². The van der Waals surface area contributed by atoms with Gasteiger partial charge in [-0.25, -0.2) is 0 Å². The van der Waals surface area contributed by atoms with E-state index in [1.54, 1.807) is 14.1 Å². The van der Waals surface area contributed by atoms with Crippen LogP contribution >= 0.6 is 0 Å². The molecule has 1 aromatic carbocycles. The van der Waals surface area contributed by atoms with Crippen LogP contribution in [0.15, 0.2) is 30.3 Å². The Morgan fingerprint density at radius 1 is 0.591 bits per heavy atom. The zero-order valence-corrected chi connectivity index (χ0v) is 28.3. The maximum atomic E-state index is 14.1. The molecule has 44 heavy (non-hydrogen) atoms. The number of rotatable bonds is 9. The maximum Gasteiger partial charge on any atom is 0.245 e. The quantitative estimate of drug-likeness (QED) is 0.394. The van der Waals surface area contributed by atoms with Gasteiger partial charge in [-0.05, 0) is 48.5 Å². The highest BCUT2D eigenvalue weighted by molar-refractivity contribution is 5.98. The van der Waals surface area contributed by atoms with Crippen LogP contribution in [0.4, 0.5) is 0 Å². The summed E-state index contributed by atoms with van der Waals surface area (Å²) in [7, 11) is 3.14. The number of likely N-dealkylation sites (N-methyl/N-ethyl adjacent to an activating group) is 2. The van der Waals surface area contributed by atoms with E-state index in [0.717, 1.165) is 5.56 Å². The van der Waals surface area contributed by atoms with Crippen LogP contribution in [-0.4, -0.2) is 83.6 Å². The van der Waals surface area contributed by atoms with Crippen molar-refractivity contribution in [2.24, 2.45) is 23.7 Å². The van der Waals surface area contributed by atoms with Crippen molar-refractivity contribution in [1.82, 2.24) is 25.8 Å². The first-order chi connectivity index (χ1) is 20.5. The molecular formula is C34H55N5O5. The zero-order valence-electron chi connectivity index (χ0n) is 28.3. The van der Waals surface area contributed by atoms with E-state index in [4.69, 9.17) is 0 Å². The monoisotopic (exact) mass is 613 g/mol. The van der Waals surface area contributed by atoms with Crippen molar-refractivity contribution in [1.29, 1.82) is 0 Å². The number of carbonyl (C=O) groups is 5. The Morgan fingerprint density at radius 3 is 1.59 bits per heavy atom. The Bertz CT molecular complexity index is 1140. The molecule has 0 aliphatic carbocycles. The second kappa shape index (κ2) is 16.6. The summed E-state index contributed by atoms with van der Waals surface area (Å²) in [5.74, 6) is -2.27. The van der Waals surface area contributed by atoms with Gasteiger partial charge < -0.3 is 25.8 Å². The molecular weight excluding hydrogens is 558 g/mol. The third kappa shape index (κ3) is 10.3. The summed E-state index contributed by atoms with van der Waals surface area (Å²) in [6, 6.07) is 4.82. The van der Waals surface area contributed by atoms with Gasteiger partial charge in [0, 0.05) is 20.5 Å². The van der Waals surface area contributed by atoms with Crippen LogP contribution < -0.4 is 16.0 Å². The number of amides is 5. The highest BCUT2D eigenvalue weighted by atomic mass is 16.2. The lowest BCUT2D eigenvalue weighted by molar-refractivity contribution is -0.145. The topological polar surface area (TPSA) is 128 Å². The number of hydrogen-bond donors (Lipinski definition) is 3. The van der Waals surface area contributed by atoms with E-state index < -0.39 is 53.8 Å². The summed E-state index contributed by atoms with van der Waals surface area (Å²) in [6.07, 6.45) is 1.28. The van der Waals surface area contributed by atoms with E-state index >= 15 is 0 Å². The molecule has 1 fully saturated rings. The second-order valence-electron chi connectivity index (χ2n) is 13.9. The molecule has 0 radical (unpaired) electrons. The van der Waals surface area contributed by atoms with E-state index in [0.29, 0.717) is 19.3 Å². The van der Waals surface area contributed by atoms with Crippen molar-refractivity contribution in [2.45, 2.75) is 111 Å². The summed E-state index contributed by atoms with van der Waals surface area (Å²) in [5.41, 5.74) is 0.843. The van der Waals surface area contributed by atoms with Gasteiger partial charge in [-0.3, -0.25) is 24.0 Å². The smallest absolute Gasteiger partial charge is 0.245 e. The normalized spacial score (nSPS) is 24.9. The maximum absolute atomic E-state index is 14.1. The van der Waals surface area contributed by atoms with Gasteiger partial charge in [0.05, 0.1) is 0 Å². The van der Waals surface area contributed by atoms with E-state index in [9.17, 15) is 24.0 Å². The fourth-order valence-electron chi connectivity index (χ4n) is 5.84. The van der Waals surface area contributed by atoms with Gasteiger partial charge in [0.25, 0.3) is 0 Å². The molecule has 246 valence electrons. The minimum atomic E-state index is -0.981. The Kier molecular flexibility index (Phi) is 13.9. The average Bonchev–Trinajstić information content (AvgIpc) is 2.92. The van der Waals surface area contributed by atoms with Gasteiger partial charge >= 0.3 is 0 Å². The molecule has 0 saturated carbocycles. The third-order valence-corrected chi connectivity index (χ3v) is 8.04. The molecule has 0 aromatic heterocycles. The van der Waals surface area contributed by atoms with E-state index in [2.05, 4.69) is 16.0 Å². The Balaban J connectivity index is 2.71. The van der Waals surface area contributed by atoms with Crippen molar-refractivity contribution in [3.63, 3.8) is 0 Å². The molecule has 1 heterocycles. The lowest BCUT2D eigenvalue weighted by Crippen LogP contribution is -2.59. The minimum Gasteiger partial charge on any atom is -0.342 e. The van der Waals surface area contributed by atoms with Gasteiger partial charge in [-0.2, -0.15) is 0 Å². The van der Waals surface area contributed by atoms with Gasteiger partial charge in [-0.1, -0.05) is 85.7 Å². The second-order valence-corrected chi connectivity index (χ2v) is 13.9. The SMILES string of the molecule is CC(C)C[C@@H]1NC(=O)[C@H](C(C)C)N(C)C(=O)[C@H](CC(C)C)NC(=O)[C@H](CC(C)C)N(C)C(=O)[C@H](Cc2ccccc2)NC1=O. The average molecular weight is 614 g/mol. The Labute approximate surface area is 264 Å². The van der Waals surface area contributed by atoms with Crippen LogP contribution in [0.1, 0.15) is 80.2 Å². The van der Waals surface area contributed by atoms with Gasteiger partial charge in [0.2, 0.25) is 29.5 Å². The third-order valence-electron chi connectivity index (χ3n) is 8.04. The van der Waals surface area contributed by atoms with Gasteiger partial charge in [0.1, 0.15) is 30.2 Å². The van der Waals surface area contributed by atoms with Crippen LogP contribution in [-0.2, 0) is 30.4 Å². The zero-order chi connectivity index (χ0) is 33.3.